The fourth-order valence-corrected chi connectivity index (χ4v) is 3.61. The van der Waals surface area contributed by atoms with Gasteiger partial charge in [0.1, 0.15) is 11.9 Å². The summed E-state index contributed by atoms with van der Waals surface area (Å²) in [5.74, 6) is 1.00. The molecule has 0 radical (unpaired) electrons. The van der Waals surface area contributed by atoms with Crippen molar-refractivity contribution >= 4 is 11.8 Å². The van der Waals surface area contributed by atoms with Crippen LogP contribution in [0.25, 0.3) is 0 Å². The quantitative estimate of drug-likeness (QED) is 0.814. The summed E-state index contributed by atoms with van der Waals surface area (Å²) in [5, 5.41) is 0. The summed E-state index contributed by atoms with van der Waals surface area (Å²) in [5.41, 5.74) is 1.81. The molecule has 3 aliphatic heterocycles. The van der Waals surface area contributed by atoms with Gasteiger partial charge in [-0.15, -0.1) is 0 Å². The van der Waals surface area contributed by atoms with Crippen molar-refractivity contribution in [2.45, 2.75) is 25.4 Å². The summed E-state index contributed by atoms with van der Waals surface area (Å²) in [7, 11) is 0. The van der Waals surface area contributed by atoms with E-state index in [0.29, 0.717) is 45.0 Å². The van der Waals surface area contributed by atoms with E-state index < -0.39 is 0 Å². The molecule has 1 aromatic carbocycles. The van der Waals surface area contributed by atoms with Crippen LogP contribution in [-0.2, 0) is 16.0 Å². The van der Waals surface area contributed by atoms with Crippen LogP contribution in [0.15, 0.2) is 18.2 Å². The van der Waals surface area contributed by atoms with Gasteiger partial charge >= 0.3 is 0 Å². The number of rotatable bonds is 2. The molecule has 2 fully saturated rings. The molecule has 0 aliphatic carbocycles. The van der Waals surface area contributed by atoms with Crippen molar-refractivity contribution in [3.05, 3.63) is 29.3 Å². The van der Waals surface area contributed by atoms with Crippen LogP contribution in [0, 0.1) is 0 Å². The average Bonchev–Trinajstić information content (AvgIpc) is 3.31. The molecule has 6 heteroatoms. The first kappa shape index (κ1) is 15.4. The lowest BCUT2D eigenvalue weighted by Crippen LogP contribution is -2.52. The van der Waals surface area contributed by atoms with Gasteiger partial charge < -0.3 is 19.3 Å². The number of ether oxygens (including phenoxy) is 2. The Balaban J connectivity index is 1.37. The first-order valence-electron chi connectivity index (χ1n) is 8.68. The highest BCUT2D eigenvalue weighted by Crippen LogP contribution is 2.26. The second-order valence-electron chi connectivity index (χ2n) is 6.54. The summed E-state index contributed by atoms with van der Waals surface area (Å²) < 4.78 is 11.0. The van der Waals surface area contributed by atoms with Crippen LogP contribution in [0.3, 0.4) is 0 Å². The highest BCUT2D eigenvalue weighted by atomic mass is 16.5. The Morgan fingerprint density at radius 1 is 1.04 bits per heavy atom. The number of hydrogen-bond donors (Lipinski definition) is 0. The third-order valence-corrected chi connectivity index (χ3v) is 5.02. The van der Waals surface area contributed by atoms with Crippen molar-refractivity contribution in [3.63, 3.8) is 0 Å². The third kappa shape index (κ3) is 2.86. The van der Waals surface area contributed by atoms with Crippen molar-refractivity contribution in [2.24, 2.45) is 0 Å². The predicted molar refractivity (Wildman–Crippen MR) is 87.1 cm³/mol. The van der Waals surface area contributed by atoms with Crippen molar-refractivity contribution in [2.75, 3.05) is 39.4 Å². The van der Waals surface area contributed by atoms with E-state index in [1.165, 1.54) is 0 Å². The van der Waals surface area contributed by atoms with E-state index in [-0.39, 0.29) is 17.9 Å². The fraction of sp³-hybridized carbons (Fsp3) is 0.556. The van der Waals surface area contributed by atoms with Gasteiger partial charge in [-0.25, -0.2) is 0 Å². The van der Waals surface area contributed by atoms with E-state index >= 15 is 0 Å². The van der Waals surface area contributed by atoms with Gasteiger partial charge in [-0.2, -0.15) is 0 Å². The van der Waals surface area contributed by atoms with Gasteiger partial charge in [0.25, 0.3) is 11.8 Å². The van der Waals surface area contributed by atoms with E-state index in [0.717, 1.165) is 30.6 Å². The topological polar surface area (TPSA) is 59.1 Å². The number of carbonyl (C=O) groups is 2. The van der Waals surface area contributed by atoms with E-state index in [9.17, 15) is 9.59 Å². The minimum atomic E-state index is -0.274. The van der Waals surface area contributed by atoms with Gasteiger partial charge in [0.05, 0.1) is 6.61 Å². The number of amides is 2. The summed E-state index contributed by atoms with van der Waals surface area (Å²) in [4.78, 5) is 28.7. The second-order valence-corrected chi connectivity index (χ2v) is 6.54. The normalized spacial score (nSPS) is 23.1. The predicted octanol–water partition coefficient (Wildman–Crippen LogP) is 1.08. The van der Waals surface area contributed by atoms with Crippen molar-refractivity contribution < 1.29 is 19.1 Å². The fourth-order valence-electron chi connectivity index (χ4n) is 3.61. The molecule has 1 atom stereocenters. The van der Waals surface area contributed by atoms with Gasteiger partial charge in [-0.3, -0.25) is 9.59 Å². The Kier molecular flexibility index (Phi) is 4.14. The molecule has 2 saturated heterocycles. The molecule has 0 bridgehead atoms. The molecule has 0 aromatic heterocycles. The van der Waals surface area contributed by atoms with Crippen LogP contribution in [0.5, 0.6) is 5.75 Å². The van der Waals surface area contributed by atoms with E-state index in [1.54, 1.807) is 0 Å². The molecule has 128 valence electrons. The van der Waals surface area contributed by atoms with E-state index in [1.807, 2.05) is 28.0 Å². The van der Waals surface area contributed by atoms with Crippen molar-refractivity contribution in [3.8, 4) is 5.75 Å². The minimum Gasteiger partial charge on any atom is -0.493 e. The molecule has 4 rings (SSSR count). The van der Waals surface area contributed by atoms with Gasteiger partial charge in [0, 0.05) is 44.8 Å². The molecule has 0 saturated carbocycles. The standard InChI is InChI=1S/C18H22N2O4/c21-17(14-3-4-15-13(12-14)5-11-24-15)19-6-8-20(9-7-19)18(22)16-2-1-10-23-16/h3-4,12,16H,1-2,5-11H2/t16-/m1/s1. The number of hydrogen-bond acceptors (Lipinski definition) is 4. The van der Waals surface area contributed by atoms with Gasteiger partial charge in [-0.1, -0.05) is 0 Å². The molecule has 0 unspecified atom stereocenters. The van der Waals surface area contributed by atoms with Crippen LogP contribution in [0.1, 0.15) is 28.8 Å². The molecule has 2 amide bonds. The van der Waals surface area contributed by atoms with Crippen LogP contribution < -0.4 is 4.74 Å². The molecular formula is C18H22N2O4. The molecule has 1 aromatic rings. The molecule has 0 spiro atoms. The monoisotopic (exact) mass is 330 g/mol. The van der Waals surface area contributed by atoms with Crippen LogP contribution in [-0.4, -0.2) is 67.1 Å². The maximum Gasteiger partial charge on any atom is 0.253 e. The maximum absolute atomic E-state index is 12.7. The minimum absolute atomic E-state index is 0.0360. The zero-order valence-electron chi connectivity index (χ0n) is 13.7. The lowest BCUT2D eigenvalue weighted by atomic mass is 10.1. The zero-order valence-corrected chi connectivity index (χ0v) is 13.7. The summed E-state index contributed by atoms with van der Waals surface area (Å²) in [6.07, 6.45) is 2.36. The van der Waals surface area contributed by atoms with E-state index in [2.05, 4.69) is 0 Å². The number of piperazine rings is 1. The number of nitrogens with zero attached hydrogens (tertiary/aromatic N) is 2. The summed E-state index contributed by atoms with van der Waals surface area (Å²) >= 11 is 0. The molecule has 3 aliphatic rings. The van der Waals surface area contributed by atoms with Gasteiger partial charge in [-0.05, 0) is 36.6 Å². The number of benzene rings is 1. The first-order chi connectivity index (χ1) is 11.7. The van der Waals surface area contributed by atoms with Crippen LogP contribution >= 0.6 is 0 Å². The third-order valence-electron chi connectivity index (χ3n) is 5.02. The van der Waals surface area contributed by atoms with Crippen LogP contribution in [0.2, 0.25) is 0 Å². The zero-order chi connectivity index (χ0) is 16.5. The number of carbonyl (C=O) groups excluding carboxylic acids is 2. The molecule has 0 N–H and O–H groups in total. The Bertz CT molecular complexity index is 646. The highest BCUT2D eigenvalue weighted by Gasteiger charge is 2.31. The van der Waals surface area contributed by atoms with Gasteiger partial charge in [0.2, 0.25) is 0 Å². The van der Waals surface area contributed by atoms with E-state index in [4.69, 9.17) is 9.47 Å². The Morgan fingerprint density at radius 2 is 1.83 bits per heavy atom. The SMILES string of the molecule is O=C(c1ccc2c(c1)CCO2)N1CCN(C(=O)[C@H]2CCCO2)CC1. The summed E-state index contributed by atoms with van der Waals surface area (Å²) in [6, 6.07) is 5.65. The van der Waals surface area contributed by atoms with Crippen molar-refractivity contribution in [1.82, 2.24) is 9.80 Å². The highest BCUT2D eigenvalue weighted by molar-refractivity contribution is 5.95. The first-order valence-corrected chi connectivity index (χ1v) is 8.68. The molecular weight excluding hydrogens is 308 g/mol. The smallest absolute Gasteiger partial charge is 0.253 e. The Morgan fingerprint density at radius 3 is 2.58 bits per heavy atom. The van der Waals surface area contributed by atoms with Crippen LogP contribution in [0.4, 0.5) is 0 Å². The molecule has 6 nitrogen and oxygen atoms in total. The Hall–Kier alpha value is -2.08. The second kappa shape index (κ2) is 6.43. The molecule has 24 heavy (non-hydrogen) atoms. The molecule has 3 heterocycles. The van der Waals surface area contributed by atoms with Crippen molar-refractivity contribution in [1.29, 1.82) is 0 Å². The largest absolute Gasteiger partial charge is 0.493 e. The Labute approximate surface area is 141 Å². The lowest BCUT2D eigenvalue weighted by molar-refractivity contribution is -0.142. The van der Waals surface area contributed by atoms with Gasteiger partial charge in [0.15, 0.2) is 0 Å². The number of fused-ring (bicyclic) bond motifs is 1. The lowest BCUT2D eigenvalue weighted by Gasteiger charge is -2.35. The summed E-state index contributed by atoms with van der Waals surface area (Å²) in [6.45, 7) is 3.68. The maximum atomic E-state index is 12.7. The average molecular weight is 330 g/mol.